The van der Waals surface area contributed by atoms with Gasteiger partial charge in [0.1, 0.15) is 0 Å². The Kier molecular flexibility index (Phi) is 4.92. The maximum absolute atomic E-state index is 10.3. The highest BCUT2D eigenvalue weighted by atomic mass is 31.1. The van der Waals surface area contributed by atoms with Crippen molar-refractivity contribution in [1.29, 1.82) is 0 Å². The quantitative estimate of drug-likeness (QED) is 0.372. The average molecular weight is 197 g/mol. The van der Waals surface area contributed by atoms with Crippen molar-refractivity contribution in [2.45, 2.75) is 26.2 Å². The molecule has 2 N–H and O–H groups in total. The first-order valence-electron chi connectivity index (χ1n) is 3.11. The van der Waals surface area contributed by atoms with Gasteiger partial charge in [-0.2, -0.15) is 0 Å². The molecule has 0 aromatic heterocycles. The number of hydrogen-bond donors (Lipinski definition) is 2. The van der Waals surface area contributed by atoms with Gasteiger partial charge < -0.3 is 9.84 Å². The van der Waals surface area contributed by atoms with Crippen LogP contribution >= 0.6 is 8.25 Å². The number of rotatable bonds is 4. The third kappa shape index (κ3) is 5.15. The summed E-state index contributed by atoms with van der Waals surface area (Å²) in [6.07, 6.45) is -2.55. The molecule has 0 aliphatic carbocycles. The van der Waals surface area contributed by atoms with Gasteiger partial charge in [-0.1, -0.05) is 4.52 Å². The molecule has 0 aromatic rings. The Morgan fingerprint density at radius 3 is 2.42 bits per heavy atom. The van der Waals surface area contributed by atoms with Crippen LogP contribution in [0.25, 0.3) is 0 Å². The summed E-state index contributed by atoms with van der Waals surface area (Å²) >= 11 is 0. The summed E-state index contributed by atoms with van der Waals surface area (Å²) in [7, 11) is -2.89. The van der Waals surface area contributed by atoms with Gasteiger partial charge >= 0.3 is 14.2 Å². The second-order valence-corrected chi connectivity index (χ2v) is 2.73. The lowest BCUT2D eigenvalue weighted by Crippen LogP contribution is -2.28. The van der Waals surface area contributed by atoms with Gasteiger partial charge in [0.2, 0.25) is 6.29 Å². The molecule has 0 heterocycles. The molecule has 6 nitrogen and oxygen atoms in total. The Bertz CT molecular complexity index is 161. The highest BCUT2D eigenvalue weighted by Crippen LogP contribution is 2.19. The lowest BCUT2D eigenvalue weighted by atomic mass is 10.4. The van der Waals surface area contributed by atoms with E-state index in [9.17, 15) is 9.36 Å². The number of aliphatic hydroxyl groups is 1. The minimum absolute atomic E-state index is 0.599. The number of carbonyl (C=O) groups excluding carboxylic acids is 1. The highest BCUT2D eigenvalue weighted by Gasteiger charge is 2.27. The van der Waals surface area contributed by atoms with Crippen LogP contribution in [0.1, 0.15) is 13.8 Å². The van der Waals surface area contributed by atoms with Crippen LogP contribution in [-0.4, -0.2) is 28.4 Å². The van der Waals surface area contributed by atoms with Crippen molar-refractivity contribution in [2.75, 3.05) is 0 Å². The van der Waals surface area contributed by atoms with Crippen molar-refractivity contribution in [3.63, 3.8) is 0 Å². The van der Waals surface area contributed by atoms with E-state index in [1.165, 1.54) is 6.92 Å². The van der Waals surface area contributed by atoms with Gasteiger partial charge in [0.15, 0.2) is 6.10 Å². The Labute approximate surface area is 70.1 Å². The fraction of sp³-hybridized carbons (Fsp3) is 0.800. The van der Waals surface area contributed by atoms with E-state index in [0.717, 1.165) is 6.92 Å². The van der Waals surface area contributed by atoms with Gasteiger partial charge in [-0.15, -0.1) is 4.89 Å². The van der Waals surface area contributed by atoms with E-state index in [4.69, 9.17) is 10.00 Å². The van der Waals surface area contributed by atoms with Crippen LogP contribution in [-0.2, 0) is 18.6 Å². The van der Waals surface area contributed by atoms with Gasteiger partial charge in [-0.05, 0) is 6.92 Å². The fourth-order valence-electron chi connectivity index (χ4n) is 0.498. The minimum atomic E-state index is -2.89. The molecule has 0 aliphatic heterocycles. The number of aliphatic hydroxyl groups excluding tert-OH is 1. The molecular formula is C5H10O6P+. The van der Waals surface area contributed by atoms with Crippen LogP contribution in [0.3, 0.4) is 0 Å². The molecule has 0 amide bonds. The van der Waals surface area contributed by atoms with Crippen LogP contribution in [0.5, 0.6) is 0 Å². The molecule has 70 valence electrons. The highest BCUT2D eigenvalue weighted by molar-refractivity contribution is 7.32. The third-order valence-electron chi connectivity index (χ3n) is 0.952. The monoisotopic (exact) mass is 197 g/mol. The molecule has 7 heteroatoms. The second-order valence-electron chi connectivity index (χ2n) is 2.05. The molecule has 0 rings (SSSR count). The van der Waals surface area contributed by atoms with Gasteiger partial charge in [-0.25, -0.2) is 0 Å². The van der Waals surface area contributed by atoms with E-state index in [2.05, 4.69) is 9.26 Å². The van der Waals surface area contributed by atoms with E-state index in [0.29, 0.717) is 0 Å². The van der Waals surface area contributed by atoms with Crippen LogP contribution in [0, 0.1) is 0 Å². The molecular weight excluding hydrogens is 187 g/mol. The maximum Gasteiger partial charge on any atom is 0.697 e. The van der Waals surface area contributed by atoms with Crippen LogP contribution in [0.4, 0.5) is 0 Å². The smallest absolute Gasteiger partial charge is 0.457 e. The number of hydrogen-bond acceptors (Lipinski definition) is 5. The molecule has 1 unspecified atom stereocenters. The zero-order valence-electron chi connectivity index (χ0n) is 6.63. The first-order valence-corrected chi connectivity index (χ1v) is 4.24. The molecule has 3 atom stereocenters. The predicted octanol–water partition coefficient (Wildman–Crippen LogP) is -0.0773. The summed E-state index contributed by atoms with van der Waals surface area (Å²) < 4.78 is 18.5. The van der Waals surface area contributed by atoms with Crippen molar-refractivity contribution in [3.05, 3.63) is 0 Å². The van der Waals surface area contributed by atoms with Gasteiger partial charge in [-0.3, -0.25) is 4.79 Å². The lowest BCUT2D eigenvalue weighted by molar-refractivity contribution is -0.164. The van der Waals surface area contributed by atoms with E-state index in [1.54, 1.807) is 0 Å². The topological polar surface area (TPSA) is 93.1 Å². The summed E-state index contributed by atoms with van der Waals surface area (Å²) in [4.78, 5) is 18.5. The van der Waals surface area contributed by atoms with Crippen molar-refractivity contribution >= 4 is 14.2 Å². The van der Waals surface area contributed by atoms with E-state index in [-0.39, 0.29) is 0 Å². The molecule has 0 aromatic carbocycles. The van der Waals surface area contributed by atoms with Crippen molar-refractivity contribution in [2.24, 2.45) is 0 Å². The Morgan fingerprint density at radius 2 is 2.08 bits per heavy atom. The van der Waals surface area contributed by atoms with Gasteiger partial charge in [0.05, 0.1) is 0 Å². The van der Waals surface area contributed by atoms with Gasteiger partial charge in [0.25, 0.3) is 0 Å². The largest absolute Gasteiger partial charge is 0.697 e. The first-order chi connectivity index (χ1) is 5.43. The van der Waals surface area contributed by atoms with Crippen molar-refractivity contribution in [1.82, 2.24) is 0 Å². The molecule has 0 spiro atoms. The maximum atomic E-state index is 10.3. The van der Waals surface area contributed by atoms with Crippen molar-refractivity contribution < 1.29 is 28.6 Å². The summed E-state index contributed by atoms with van der Waals surface area (Å²) in [5, 5.41) is 8.89. The molecule has 0 fully saturated rings. The van der Waals surface area contributed by atoms with Crippen LogP contribution < -0.4 is 0 Å². The summed E-state index contributed by atoms with van der Waals surface area (Å²) in [5.74, 6) is -0.599. The average Bonchev–Trinajstić information content (AvgIpc) is 1.84. The minimum Gasteiger partial charge on any atom is -0.457 e. The van der Waals surface area contributed by atoms with Crippen molar-refractivity contribution in [3.8, 4) is 0 Å². The zero-order chi connectivity index (χ0) is 9.72. The SMILES string of the molecule is CC(=O)O[C@@H](C)[C@@H](O)O[P+](=O)O. The molecule has 0 saturated carbocycles. The molecule has 0 bridgehead atoms. The lowest BCUT2D eigenvalue weighted by Gasteiger charge is -2.12. The summed E-state index contributed by atoms with van der Waals surface area (Å²) in [6.45, 7) is 2.49. The first kappa shape index (κ1) is 11.4. The standard InChI is InChI=1S/C5H9O6P/c1-3(10-4(2)6)5(7)11-12(8)9/h3,5,7H,1-2H3/p+1/t3-,5-/m0/s1. The number of carbonyl (C=O) groups is 1. The molecule has 0 radical (unpaired) electrons. The second kappa shape index (κ2) is 5.16. The number of esters is 1. The summed E-state index contributed by atoms with van der Waals surface area (Å²) in [6, 6.07) is 0. The third-order valence-corrected chi connectivity index (χ3v) is 1.35. The Hall–Kier alpha value is -0.550. The normalized spacial score (nSPS) is 16.5. The molecule has 12 heavy (non-hydrogen) atoms. The van der Waals surface area contributed by atoms with Crippen LogP contribution in [0.15, 0.2) is 0 Å². The zero-order valence-corrected chi connectivity index (χ0v) is 7.52. The Morgan fingerprint density at radius 1 is 1.58 bits per heavy atom. The summed E-state index contributed by atoms with van der Waals surface area (Å²) in [5.41, 5.74) is 0. The predicted molar refractivity (Wildman–Crippen MR) is 38.1 cm³/mol. The molecule has 0 aliphatic rings. The van der Waals surface area contributed by atoms with Gasteiger partial charge in [0, 0.05) is 11.5 Å². The van der Waals surface area contributed by atoms with Crippen LogP contribution in [0.2, 0.25) is 0 Å². The van der Waals surface area contributed by atoms with E-state index in [1.807, 2.05) is 0 Å². The fourth-order valence-corrected chi connectivity index (χ4v) is 0.854. The van der Waals surface area contributed by atoms with E-state index >= 15 is 0 Å². The number of ether oxygens (including phenoxy) is 1. The Balaban J connectivity index is 3.83. The molecule has 0 saturated heterocycles. The van der Waals surface area contributed by atoms with E-state index < -0.39 is 26.6 Å².